The molecule has 49 heavy (non-hydrogen) atoms. The van der Waals surface area contributed by atoms with Crippen LogP contribution in [0.2, 0.25) is 0 Å². The smallest absolute Gasteiger partial charge is 0.236 e. The Bertz CT molecular complexity index is 2230. The van der Waals surface area contributed by atoms with Crippen LogP contribution in [0.4, 0.5) is 11.4 Å². The lowest BCUT2D eigenvalue weighted by Crippen LogP contribution is -2.44. The van der Waals surface area contributed by atoms with Crippen LogP contribution < -0.4 is 16.0 Å². The molecule has 2 aromatic heterocycles. The average Bonchev–Trinajstić information content (AvgIpc) is 3.58. The Kier molecular flexibility index (Phi) is 9.34. The second kappa shape index (κ2) is 13.4. The minimum Gasteiger partial charge on any atom is -0.398 e. The van der Waals surface area contributed by atoms with Crippen molar-refractivity contribution in [2.75, 3.05) is 23.7 Å². The first-order valence-corrected chi connectivity index (χ1v) is 17.7. The summed E-state index contributed by atoms with van der Waals surface area (Å²) in [5, 5.41) is 8.19. The number of nitrogens with one attached hydrogen (secondary N) is 1. The number of nitrogens with zero attached hydrogens (tertiary/aromatic N) is 3. The van der Waals surface area contributed by atoms with Gasteiger partial charge in [0.1, 0.15) is 0 Å². The Labute approximate surface area is 290 Å². The SMILES string of the molecule is CC(=O)N(C(=O)C1CCNCC1)c1c(C)cc2c(c1C)c1ccccc1n2C(C)C.Cc1cc2c(c(C)c1N)c1ccccc1n2C(C)C. The number of hydrogen-bond acceptors (Lipinski definition) is 4. The summed E-state index contributed by atoms with van der Waals surface area (Å²) in [6.07, 6.45) is 1.55. The quantitative estimate of drug-likeness (QED) is 0.185. The molecule has 3 heterocycles. The second-order valence-corrected chi connectivity index (χ2v) is 14.4. The van der Waals surface area contributed by atoms with E-state index in [-0.39, 0.29) is 17.7 Å². The number of para-hydroxylation sites is 2. The van der Waals surface area contributed by atoms with Crippen molar-refractivity contribution >= 4 is 66.8 Å². The van der Waals surface area contributed by atoms with Crippen LogP contribution in [0, 0.1) is 33.6 Å². The van der Waals surface area contributed by atoms with Gasteiger partial charge < -0.3 is 20.2 Å². The molecule has 6 aromatic rings. The standard InChI is InChI=1S/C25H31N3O2.C17H20N2/c1-15(2)27-21-9-7-6-8-20(21)23-17(4)24(16(3)14-22(23)27)28(18(5)29)25(30)19-10-12-26-13-11-19;1-10(2)19-14-8-6-5-7-13(14)16-12(4)17(18)11(3)9-15(16)19/h6-9,14-15,19,26H,10-13H2,1-5H3;5-10H,18H2,1-4H3. The fourth-order valence-electron chi connectivity index (χ4n) is 8.17. The Hall–Kier alpha value is -4.62. The topological polar surface area (TPSA) is 85.3 Å². The molecule has 0 unspecified atom stereocenters. The van der Waals surface area contributed by atoms with E-state index in [2.05, 4.69) is 111 Å². The highest BCUT2D eigenvalue weighted by molar-refractivity contribution is 6.19. The molecule has 0 spiro atoms. The molecule has 1 aliphatic rings. The number of carbonyl (C=O) groups excluding carboxylic acids is 2. The molecular formula is C42H51N5O2. The molecule has 3 N–H and O–H groups in total. The van der Waals surface area contributed by atoms with Crippen LogP contribution >= 0.6 is 0 Å². The maximum absolute atomic E-state index is 13.4. The molecule has 1 aliphatic heterocycles. The van der Waals surface area contributed by atoms with Crippen LogP contribution in [0.25, 0.3) is 43.6 Å². The Balaban J connectivity index is 0.000000188. The molecular weight excluding hydrogens is 606 g/mol. The number of carbonyl (C=O) groups is 2. The fourth-order valence-corrected chi connectivity index (χ4v) is 8.17. The predicted octanol–water partition coefficient (Wildman–Crippen LogP) is 9.45. The normalized spacial score (nSPS) is 13.9. The van der Waals surface area contributed by atoms with Crippen molar-refractivity contribution < 1.29 is 9.59 Å². The minimum absolute atomic E-state index is 0.0675. The molecule has 0 saturated carbocycles. The summed E-state index contributed by atoms with van der Waals surface area (Å²) in [6, 6.07) is 22.1. The van der Waals surface area contributed by atoms with E-state index < -0.39 is 0 Å². The van der Waals surface area contributed by atoms with Gasteiger partial charge in [0.15, 0.2) is 0 Å². The number of fused-ring (bicyclic) bond motifs is 6. The summed E-state index contributed by atoms with van der Waals surface area (Å²) in [6.45, 7) is 20.2. The highest BCUT2D eigenvalue weighted by Gasteiger charge is 2.32. The van der Waals surface area contributed by atoms with Crippen LogP contribution in [-0.4, -0.2) is 34.0 Å². The lowest BCUT2D eigenvalue weighted by Gasteiger charge is -2.30. The van der Waals surface area contributed by atoms with Gasteiger partial charge in [-0.1, -0.05) is 36.4 Å². The lowest BCUT2D eigenvalue weighted by molar-refractivity contribution is -0.128. The number of rotatable bonds is 4. The summed E-state index contributed by atoms with van der Waals surface area (Å²) in [7, 11) is 0. The van der Waals surface area contributed by atoms with Crippen molar-refractivity contribution in [1.82, 2.24) is 14.5 Å². The predicted molar refractivity (Wildman–Crippen MR) is 207 cm³/mol. The maximum Gasteiger partial charge on any atom is 0.236 e. The summed E-state index contributed by atoms with van der Waals surface area (Å²) in [5.41, 5.74) is 17.1. The zero-order valence-corrected chi connectivity index (χ0v) is 30.6. The van der Waals surface area contributed by atoms with E-state index in [0.717, 1.165) is 70.3 Å². The van der Waals surface area contributed by atoms with Crippen molar-refractivity contribution in [2.45, 2.75) is 87.2 Å². The molecule has 7 nitrogen and oxygen atoms in total. The summed E-state index contributed by atoms with van der Waals surface area (Å²) in [5.74, 6) is -0.388. The first-order chi connectivity index (χ1) is 23.3. The van der Waals surface area contributed by atoms with E-state index in [4.69, 9.17) is 5.73 Å². The summed E-state index contributed by atoms with van der Waals surface area (Å²) in [4.78, 5) is 27.6. The van der Waals surface area contributed by atoms with E-state index in [9.17, 15) is 9.59 Å². The van der Waals surface area contributed by atoms with Gasteiger partial charge in [-0.15, -0.1) is 0 Å². The number of imide groups is 1. The number of benzene rings is 4. The Morgan fingerprint density at radius 2 is 1.20 bits per heavy atom. The largest absolute Gasteiger partial charge is 0.398 e. The van der Waals surface area contributed by atoms with Crippen LogP contribution in [-0.2, 0) is 9.59 Å². The molecule has 0 bridgehead atoms. The van der Waals surface area contributed by atoms with Gasteiger partial charge in [-0.2, -0.15) is 0 Å². The van der Waals surface area contributed by atoms with Gasteiger partial charge in [-0.05, 0) is 128 Å². The third kappa shape index (κ3) is 5.78. The maximum atomic E-state index is 13.4. The highest BCUT2D eigenvalue weighted by atomic mass is 16.2. The molecule has 7 heteroatoms. The van der Waals surface area contributed by atoms with Crippen LogP contribution in [0.1, 0.15) is 81.8 Å². The molecule has 0 radical (unpaired) electrons. The number of aryl methyl sites for hydroxylation is 4. The van der Waals surface area contributed by atoms with Crippen LogP contribution in [0.5, 0.6) is 0 Å². The van der Waals surface area contributed by atoms with Crippen molar-refractivity contribution in [3.63, 3.8) is 0 Å². The molecule has 256 valence electrons. The van der Waals surface area contributed by atoms with E-state index in [1.54, 1.807) is 0 Å². The number of amides is 2. The zero-order valence-electron chi connectivity index (χ0n) is 30.6. The van der Waals surface area contributed by atoms with Crippen molar-refractivity contribution in [3.05, 3.63) is 82.9 Å². The van der Waals surface area contributed by atoms with E-state index in [1.165, 1.54) is 44.7 Å². The third-order valence-electron chi connectivity index (χ3n) is 10.4. The summed E-state index contributed by atoms with van der Waals surface area (Å²) >= 11 is 0. The van der Waals surface area contributed by atoms with E-state index >= 15 is 0 Å². The van der Waals surface area contributed by atoms with Gasteiger partial charge in [-0.25, -0.2) is 0 Å². The zero-order chi connectivity index (χ0) is 35.3. The molecule has 2 amide bonds. The average molecular weight is 658 g/mol. The van der Waals surface area contributed by atoms with Crippen molar-refractivity contribution in [3.8, 4) is 0 Å². The van der Waals surface area contributed by atoms with Crippen LogP contribution in [0.15, 0.2) is 60.7 Å². The number of hydrogen-bond donors (Lipinski definition) is 2. The highest BCUT2D eigenvalue weighted by Crippen LogP contribution is 2.41. The van der Waals surface area contributed by atoms with Gasteiger partial charge in [0.2, 0.25) is 11.8 Å². The number of nitrogen functional groups attached to an aromatic ring is 1. The fraction of sp³-hybridized carbons (Fsp3) is 0.381. The van der Waals surface area contributed by atoms with Crippen molar-refractivity contribution in [1.29, 1.82) is 0 Å². The van der Waals surface area contributed by atoms with E-state index in [1.807, 2.05) is 19.9 Å². The summed E-state index contributed by atoms with van der Waals surface area (Å²) < 4.78 is 4.76. The number of piperidine rings is 1. The Morgan fingerprint density at radius 3 is 1.69 bits per heavy atom. The van der Waals surface area contributed by atoms with Crippen LogP contribution in [0.3, 0.4) is 0 Å². The van der Waals surface area contributed by atoms with Gasteiger partial charge in [0.05, 0.1) is 16.7 Å². The molecule has 1 saturated heterocycles. The number of anilines is 2. The first-order valence-electron chi connectivity index (χ1n) is 17.7. The number of nitrogens with two attached hydrogens (primary N) is 1. The molecule has 4 aromatic carbocycles. The monoisotopic (exact) mass is 657 g/mol. The third-order valence-corrected chi connectivity index (χ3v) is 10.4. The molecule has 0 atom stereocenters. The van der Waals surface area contributed by atoms with Gasteiger partial charge in [0, 0.05) is 63.2 Å². The second-order valence-electron chi connectivity index (χ2n) is 14.4. The number of aromatic nitrogens is 2. The molecule has 0 aliphatic carbocycles. The minimum atomic E-state index is -0.211. The Morgan fingerprint density at radius 1 is 0.735 bits per heavy atom. The molecule has 1 fully saturated rings. The van der Waals surface area contributed by atoms with Gasteiger partial charge in [-0.3, -0.25) is 14.5 Å². The lowest BCUT2D eigenvalue weighted by atomic mass is 9.94. The van der Waals surface area contributed by atoms with Gasteiger partial charge in [0.25, 0.3) is 0 Å². The van der Waals surface area contributed by atoms with E-state index in [0.29, 0.717) is 12.1 Å². The van der Waals surface area contributed by atoms with Gasteiger partial charge >= 0.3 is 0 Å². The first kappa shape index (κ1) is 34.3. The van der Waals surface area contributed by atoms with Crippen molar-refractivity contribution in [2.24, 2.45) is 5.92 Å². The molecule has 7 rings (SSSR count).